The largest absolute Gasteiger partial charge is 0.482 e. The molecule has 34 heavy (non-hydrogen) atoms. The Morgan fingerprint density at radius 1 is 0.971 bits per heavy atom. The lowest BCUT2D eigenvalue weighted by Crippen LogP contribution is -2.20. The first kappa shape index (κ1) is 24.8. The molecule has 3 aromatic carbocycles. The fourth-order valence-electron chi connectivity index (χ4n) is 3.07. The third-order valence-corrected chi connectivity index (χ3v) is 5.39. The van der Waals surface area contributed by atoms with Crippen LogP contribution in [0.5, 0.6) is 5.75 Å². The van der Waals surface area contributed by atoms with Crippen LogP contribution in [0.25, 0.3) is 6.08 Å². The SMILES string of the molecule is Cc1ccc(NC(=O)/C(C#N)=C/c2ccc(OCC(=O)Nc3ccccc3Cl)c(Cl)c2)c(C)c1. The molecule has 2 amide bonds. The van der Waals surface area contributed by atoms with Gasteiger partial charge in [-0.15, -0.1) is 0 Å². The molecule has 0 spiro atoms. The first-order valence-corrected chi connectivity index (χ1v) is 11.0. The monoisotopic (exact) mass is 493 g/mol. The number of hydrogen-bond donors (Lipinski definition) is 2. The van der Waals surface area contributed by atoms with Crippen molar-refractivity contribution >= 4 is 52.5 Å². The molecule has 0 aliphatic rings. The van der Waals surface area contributed by atoms with E-state index in [0.29, 0.717) is 22.0 Å². The van der Waals surface area contributed by atoms with Crippen molar-refractivity contribution in [1.29, 1.82) is 5.26 Å². The zero-order valence-corrected chi connectivity index (χ0v) is 20.0. The van der Waals surface area contributed by atoms with Crippen molar-refractivity contribution in [2.45, 2.75) is 13.8 Å². The van der Waals surface area contributed by atoms with Gasteiger partial charge in [0.25, 0.3) is 11.8 Å². The van der Waals surface area contributed by atoms with Gasteiger partial charge in [0.1, 0.15) is 17.4 Å². The van der Waals surface area contributed by atoms with Crippen LogP contribution in [0, 0.1) is 25.2 Å². The van der Waals surface area contributed by atoms with Gasteiger partial charge < -0.3 is 15.4 Å². The van der Waals surface area contributed by atoms with Gasteiger partial charge in [-0.1, -0.05) is 59.1 Å². The molecular formula is C26H21Cl2N3O3. The molecule has 0 radical (unpaired) electrons. The average molecular weight is 494 g/mol. The van der Waals surface area contributed by atoms with Crippen molar-refractivity contribution in [2.75, 3.05) is 17.2 Å². The second-order valence-corrected chi connectivity index (χ2v) is 8.26. The number of ether oxygens (including phenoxy) is 1. The Labute approximate surface area is 207 Å². The number of carbonyl (C=O) groups is 2. The number of hydrogen-bond acceptors (Lipinski definition) is 4. The van der Waals surface area contributed by atoms with Crippen molar-refractivity contribution in [1.82, 2.24) is 0 Å². The highest BCUT2D eigenvalue weighted by molar-refractivity contribution is 6.33. The molecule has 0 unspecified atom stereocenters. The molecule has 6 nitrogen and oxygen atoms in total. The van der Waals surface area contributed by atoms with Crippen LogP contribution >= 0.6 is 23.2 Å². The molecular weight excluding hydrogens is 473 g/mol. The summed E-state index contributed by atoms with van der Waals surface area (Å²) in [5.74, 6) is -0.642. The van der Waals surface area contributed by atoms with Crippen LogP contribution in [0.3, 0.4) is 0 Å². The molecule has 0 bridgehead atoms. The molecule has 0 atom stereocenters. The summed E-state index contributed by atoms with van der Waals surface area (Å²) in [7, 11) is 0. The Balaban J connectivity index is 1.65. The number of aryl methyl sites for hydroxylation is 2. The van der Waals surface area contributed by atoms with Crippen LogP contribution in [0.1, 0.15) is 16.7 Å². The Bertz CT molecular complexity index is 1310. The van der Waals surface area contributed by atoms with Gasteiger partial charge in [0.05, 0.1) is 15.7 Å². The van der Waals surface area contributed by atoms with Crippen molar-refractivity contribution in [3.63, 3.8) is 0 Å². The third-order valence-electron chi connectivity index (χ3n) is 4.77. The smallest absolute Gasteiger partial charge is 0.266 e. The maximum absolute atomic E-state index is 12.6. The zero-order chi connectivity index (χ0) is 24.7. The number of amides is 2. The van der Waals surface area contributed by atoms with Crippen molar-refractivity contribution < 1.29 is 14.3 Å². The van der Waals surface area contributed by atoms with E-state index in [2.05, 4.69) is 10.6 Å². The number of benzene rings is 3. The minimum atomic E-state index is -0.526. The number of nitrogens with one attached hydrogen (secondary N) is 2. The third kappa shape index (κ3) is 6.61. The molecule has 0 saturated heterocycles. The molecule has 3 aromatic rings. The summed E-state index contributed by atoms with van der Waals surface area (Å²) in [5, 5.41) is 15.5. The molecule has 3 rings (SSSR count). The van der Waals surface area contributed by atoms with Crippen LogP contribution in [0.2, 0.25) is 10.0 Å². The molecule has 0 aromatic heterocycles. The number of rotatable bonds is 7. The molecule has 2 N–H and O–H groups in total. The van der Waals surface area contributed by atoms with E-state index in [1.165, 1.54) is 6.08 Å². The first-order valence-electron chi connectivity index (χ1n) is 10.2. The van der Waals surface area contributed by atoms with Crippen LogP contribution in [0.4, 0.5) is 11.4 Å². The highest BCUT2D eigenvalue weighted by atomic mass is 35.5. The van der Waals surface area contributed by atoms with Crippen LogP contribution in [0.15, 0.2) is 66.2 Å². The van der Waals surface area contributed by atoms with Gasteiger partial charge in [0, 0.05) is 5.69 Å². The Morgan fingerprint density at radius 3 is 2.41 bits per heavy atom. The van der Waals surface area contributed by atoms with Crippen LogP contribution in [-0.4, -0.2) is 18.4 Å². The van der Waals surface area contributed by atoms with E-state index in [1.54, 1.807) is 48.5 Å². The number of nitriles is 1. The molecule has 0 aliphatic carbocycles. The summed E-state index contributed by atoms with van der Waals surface area (Å²) in [5.41, 5.74) is 3.54. The van der Waals surface area contributed by atoms with Gasteiger partial charge in [-0.25, -0.2) is 0 Å². The fourth-order valence-corrected chi connectivity index (χ4v) is 3.50. The summed E-state index contributed by atoms with van der Waals surface area (Å²) in [6.45, 7) is 3.56. The normalized spacial score (nSPS) is 10.9. The number of para-hydroxylation sites is 1. The van der Waals surface area contributed by atoms with Gasteiger partial charge >= 0.3 is 0 Å². The lowest BCUT2D eigenvalue weighted by Gasteiger charge is -2.10. The van der Waals surface area contributed by atoms with E-state index in [1.807, 2.05) is 32.0 Å². The zero-order valence-electron chi connectivity index (χ0n) is 18.5. The van der Waals surface area contributed by atoms with E-state index in [-0.39, 0.29) is 23.0 Å². The van der Waals surface area contributed by atoms with Gasteiger partial charge in [0.15, 0.2) is 6.61 Å². The summed E-state index contributed by atoms with van der Waals surface area (Å²) < 4.78 is 5.49. The minimum Gasteiger partial charge on any atom is -0.482 e. The van der Waals surface area contributed by atoms with E-state index in [4.69, 9.17) is 27.9 Å². The average Bonchev–Trinajstić information content (AvgIpc) is 2.80. The number of halogens is 2. The molecule has 0 heterocycles. The Hall–Kier alpha value is -3.79. The summed E-state index contributed by atoms with van der Waals surface area (Å²) in [6.07, 6.45) is 1.43. The molecule has 0 saturated carbocycles. The predicted octanol–water partition coefficient (Wildman–Crippen LogP) is 6.17. The van der Waals surface area contributed by atoms with Gasteiger partial charge in [-0.2, -0.15) is 5.26 Å². The minimum absolute atomic E-state index is 0.0798. The van der Waals surface area contributed by atoms with Crippen LogP contribution in [-0.2, 0) is 9.59 Å². The van der Waals surface area contributed by atoms with Crippen molar-refractivity contribution in [3.8, 4) is 11.8 Å². The molecule has 172 valence electrons. The molecule has 0 aliphatic heterocycles. The summed E-state index contributed by atoms with van der Waals surface area (Å²) in [6, 6.07) is 19.1. The highest BCUT2D eigenvalue weighted by Gasteiger charge is 2.13. The Kier molecular flexibility index (Phi) is 8.31. The maximum Gasteiger partial charge on any atom is 0.266 e. The highest BCUT2D eigenvalue weighted by Crippen LogP contribution is 2.27. The topological polar surface area (TPSA) is 91.2 Å². The lowest BCUT2D eigenvalue weighted by atomic mass is 10.1. The number of carbonyl (C=O) groups excluding carboxylic acids is 2. The van der Waals surface area contributed by atoms with Crippen molar-refractivity contribution in [2.24, 2.45) is 0 Å². The fraction of sp³-hybridized carbons (Fsp3) is 0.115. The van der Waals surface area contributed by atoms with Gasteiger partial charge in [0.2, 0.25) is 0 Å². The maximum atomic E-state index is 12.6. The van der Waals surface area contributed by atoms with Gasteiger partial charge in [-0.3, -0.25) is 9.59 Å². The number of anilines is 2. The van der Waals surface area contributed by atoms with E-state index >= 15 is 0 Å². The summed E-state index contributed by atoms with van der Waals surface area (Å²) in [4.78, 5) is 24.7. The quantitative estimate of drug-likeness (QED) is 0.304. The second kappa shape index (κ2) is 11.4. The lowest BCUT2D eigenvalue weighted by molar-refractivity contribution is -0.118. The van der Waals surface area contributed by atoms with E-state index in [0.717, 1.165) is 11.1 Å². The van der Waals surface area contributed by atoms with Gasteiger partial charge in [-0.05, 0) is 61.4 Å². The Morgan fingerprint density at radius 2 is 1.74 bits per heavy atom. The molecule has 8 heteroatoms. The van der Waals surface area contributed by atoms with Crippen LogP contribution < -0.4 is 15.4 Å². The first-order chi connectivity index (χ1) is 16.3. The summed E-state index contributed by atoms with van der Waals surface area (Å²) >= 11 is 12.3. The van der Waals surface area contributed by atoms with E-state index in [9.17, 15) is 14.9 Å². The van der Waals surface area contributed by atoms with E-state index < -0.39 is 11.8 Å². The van der Waals surface area contributed by atoms with Crippen molar-refractivity contribution in [3.05, 3.63) is 93.0 Å². The second-order valence-electron chi connectivity index (χ2n) is 7.45. The predicted molar refractivity (Wildman–Crippen MR) is 135 cm³/mol. The standard InChI is InChI=1S/C26H21Cl2N3O3/c1-16-7-9-22(17(2)11-16)31-26(33)19(14-29)12-18-8-10-24(21(28)13-18)34-15-25(32)30-23-6-4-3-5-20(23)27/h3-13H,15H2,1-2H3,(H,30,32)(H,31,33)/b19-12+. The number of nitrogens with zero attached hydrogens (tertiary/aromatic N) is 1. The molecule has 0 fully saturated rings.